The minimum atomic E-state index is -1.17. The number of aromatic nitrogens is 2. The van der Waals surface area contributed by atoms with Gasteiger partial charge in [0, 0.05) is 12.0 Å². The number of aromatic carboxylic acids is 1. The molecule has 2 rings (SSSR count). The minimum absolute atomic E-state index is 0.0243. The van der Waals surface area contributed by atoms with Crippen LogP contribution in [0.5, 0.6) is 5.75 Å². The van der Waals surface area contributed by atoms with Crippen LogP contribution in [0.2, 0.25) is 5.02 Å². The number of para-hydroxylation sites is 1. The molecule has 0 aliphatic rings. The molecule has 0 fully saturated rings. The third-order valence-electron chi connectivity index (χ3n) is 2.54. The first kappa shape index (κ1) is 13.3. The fraction of sp³-hybridized carbons (Fsp3) is 0.154. The van der Waals surface area contributed by atoms with Crippen LogP contribution in [-0.2, 0) is 6.42 Å². The summed E-state index contributed by atoms with van der Waals surface area (Å²) in [6, 6.07) is 7.42. The lowest BCUT2D eigenvalue weighted by Gasteiger charge is -2.07. The molecule has 0 unspecified atom stereocenters. The first-order chi connectivity index (χ1) is 9.11. The summed E-state index contributed by atoms with van der Waals surface area (Å²) in [5, 5.41) is 8.98. The summed E-state index contributed by atoms with van der Waals surface area (Å²) in [5.41, 5.74) is 0.685. The van der Waals surface area contributed by atoms with Crippen LogP contribution in [0.3, 0.4) is 0 Å². The van der Waals surface area contributed by atoms with Crippen LogP contribution in [-0.4, -0.2) is 28.2 Å². The first-order valence-electron chi connectivity index (χ1n) is 5.48. The Labute approximate surface area is 114 Å². The summed E-state index contributed by atoms with van der Waals surface area (Å²) in [6.45, 7) is 0. The van der Waals surface area contributed by atoms with E-state index in [1.165, 1.54) is 6.20 Å². The molecular formula is C13H11ClN2O3. The second kappa shape index (κ2) is 5.67. The summed E-state index contributed by atoms with van der Waals surface area (Å²) in [4.78, 5) is 18.9. The van der Waals surface area contributed by atoms with Crippen molar-refractivity contribution in [2.75, 3.05) is 7.11 Å². The van der Waals surface area contributed by atoms with Crippen molar-refractivity contribution in [3.63, 3.8) is 0 Å². The van der Waals surface area contributed by atoms with Gasteiger partial charge >= 0.3 is 5.97 Å². The van der Waals surface area contributed by atoms with Crippen molar-refractivity contribution >= 4 is 17.6 Å². The van der Waals surface area contributed by atoms with Gasteiger partial charge in [0.2, 0.25) is 0 Å². The van der Waals surface area contributed by atoms with Crippen molar-refractivity contribution in [1.82, 2.24) is 9.97 Å². The third-order valence-corrected chi connectivity index (χ3v) is 2.81. The Morgan fingerprint density at radius 3 is 2.84 bits per heavy atom. The molecule has 5 nitrogen and oxygen atoms in total. The highest BCUT2D eigenvalue weighted by Gasteiger charge is 2.13. The molecule has 0 bridgehead atoms. The summed E-state index contributed by atoms with van der Waals surface area (Å²) in [7, 11) is 1.57. The summed E-state index contributed by atoms with van der Waals surface area (Å²) in [5.74, 6) is -0.0853. The number of nitrogens with zero attached hydrogens (tertiary/aromatic N) is 2. The highest BCUT2D eigenvalue weighted by Crippen LogP contribution is 2.20. The Bertz CT molecular complexity index is 617. The van der Waals surface area contributed by atoms with E-state index < -0.39 is 5.97 Å². The van der Waals surface area contributed by atoms with Gasteiger partial charge in [-0.3, -0.25) is 0 Å². The van der Waals surface area contributed by atoms with Crippen LogP contribution in [0.1, 0.15) is 21.9 Å². The molecule has 0 aliphatic carbocycles. The van der Waals surface area contributed by atoms with Gasteiger partial charge in [-0.25, -0.2) is 14.8 Å². The zero-order chi connectivity index (χ0) is 13.8. The van der Waals surface area contributed by atoms with E-state index in [0.29, 0.717) is 18.0 Å². The van der Waals surface area contributed by atoms with Gasteiger partial charge in [0.05, 0.1) is 18.3 Å². The number of carboxylic acid groups (broad SMARTS) is 1. The van der Waals surface area contributed by atoms with E-state index >= 15 is 0 Å². The first-order valence-corrected chi connectivity index (χ1v) is 5.86. The maximum absolute atomic E-state index is 11.0. The van der Waals surface area contributed by atoms with Crippen LogP contribution < -0.4 is 4.74 Å². The van der Waals surface area contributed by atoms with Gasteiger partial charge in [0.25, 0.3) is 0 Å². The number of methoxy groups -OCH3 is 1. The van der Waals surface area contributed by atoms with Gasteiger partial charge in [0.15, 0.2) is 5.69 Å². The van der Waals surface area contributed by atoms with Gasteiger partial charge in [-0.2, -0.15) is 0 Å². The van der Waals surface area contributed by atoms with Crippen molar-refractivity contribution < 1.29 is 14.6 Å². The van der Waals surface area contributed by atoms with E-state index in [1.54, 1.807) is 7.11 Å². The maximum atomic E-state index is 11.0. The smallest absolute Gasteiger partial charge is 0.356 e. The summed E-state index contributed by atoms with van der Waals surface area (Å²) in [6.07, 6.45) is 1.67. The molecule has 0 saturated heterocycles. The number of rotatable bonds is 4. The number of benzene rings is 1. The molecule has 6 heteroatoms. The quantitative estimate of drug-likeness (QED) is 0.930. The van der Waals surface area contributed by atoms with Crippen LogP contribution in [0.25, 0.3) is 0 Å². The second-order valence-electron chi connectivity index (χ2n) is 3.78. The maximum Gasteiger partial charge on any atom is 0.356 e. The molecule has 1 N–H and O–H groups in total. The number of hydrogen-bond donors (Lipinski definition) is 1. The highest BCUT2D eigenvalue weighted by atomic mass is 35.5. The zero-order valence-electron chi connectivity index (χ0n) is 10.1. The van der Waals surface area contributed by atoms with E-state index in [0.717, 1.165) is 5.56 Å². The van der Waals surface area contributed by atoms with E-state index in [1.807, 2.05) is 24.3 Å². The van der Waals surface area contributed by atoms with Crippen molar-refractivity contribution in [1.29, 1.82) is 0 Å². The monoisotopic (exact) mass is 278 g/mol. The van der Waals surface area contributed by atoms with Crippen LogP contribution in [0, 0.1) is 0 Å². The van der Waals surface area contributed by atoms with Gasteiger partial charge in [-0.1, -0.05) is 29.8 Å². The molecule has 2 aromatic rings. The van der Waals surface area contributed by atoms with Crippen molar-refractivity contribution in [3.05, 3.63) is 52.6 Å². The number of carbonyl (C=O) groups is 1. The van der Waals surface area contributed by atoms with Crippen molar-refractivity contribution in [2.45, 2.75) is 6.42 Å². The van der Waals surface area contributed by atoms with E-state index in [-0.39, 0.29) is 10.7 Å². The normalized spacial score (nSPS) is 10.2. The molecule has 0 spiro atoms. The summed E-state index contributed by atoms with van der Waals surface area (Å²) < 4.78 is 5.22. The number of ether oxygens (including phenoxy) is 1. The van der Waals surface area contributed by atoms with Gasteiger partial charge in [-0.05, 0) is 6.07 Å². The average molecular weight is 279 g/mol. The molecule has 0 saturated carbocycles. The lowest BCUT2D eigenvalue weighted by molar-refractivity contribution is 0.0690. The third kappa shape index (κ3) is 3.00. The molecular weight excluding hydrogens is 268 g/mol. The van der Waals surface area contributed by atoms with E-state index in [9.17, 15) is 4.79 Å². The van der Waals surface area contributed by atoms with E-state index in [4.69, 9.17) is 21.4 Å². The average Bonchev–Trinajstić information content (AvgIpc) is 2.41. The SMILES string of the molecule is COc1ccccc1Cc1ncc(Cl)c(C(=O)O)n1. The van der Waals surface area contributed by atoms with Crippen LogP contribution in [0.4, 0.5) is 0 Å². The fourth-order valence-corrected chi connectivity index (χ4v) is 1.83. The Morgan fingerprint density at radius 2 is 2.16 bits per heavy atom. The standard InChI is InChI=1S/C13H11ClN2O3/c1-19-10-5-3-2-4-8(10)6-11-15-7-9(14)12(16-11)13(17)18/h2-5,7H,6H2,1H3,(H,17,18). The van der Waals surface area contributed by atoms with Gasteiger partial charge < -0.3 is 9.84 Å². The fourth-order valence-electron chi connectivity index (χ4n) is 1.66. The molecule has 1 aromatic carbocycles. The Hall–Kier alpha value is -2.14. The molecule has 0 radical (unpaired) electrons. The van der Waals surface area contributed by atoms with Crippen LogP contribution >= 0.6 is 11.6 Å². The van der Waals surface area contributed by atoms with Gasteiger partial charge in [0.1, 0.15) is 11.6 Å². The number of carboxylic acids is 1. The molecule has 1 aromatic heterocycles. The lowest BCUT2D eigenvalue weighted by Crippen LogP contribution is -2.07. The zero-order valence-corrected chi connectivity index (χ0v) is 10.9. The predicted molar refractivity (Wildman–Crippen MR) is 69.8 cm³/mol. The molecule has 0 amide bonds. The minimum Gasteiger partial charge on any atom is -0.496 e. The van der Waals surface area contributed by atoms with E-state index in [2.05, 4.69) is 9.97 Å². The molecule has 98 valence electrons. The number of hydrogen-bond acceptors (Lipinski definition) is 4. The molecule has 19 heavy (non-hydrogen) atoms. The van der Waals surface area contributed by atoms with Crippen molar-refractivity contribution in [3.8, 4) is 5.75 Å². The summed E-state index contributed by atoms with van der Waals surface area (Å²) >= 11 is 5.72. The van der Waals surface area contributed by atoms with Gasteiger partial charge in [-0.15, -0.1) is 0 Å². The topological polar surface area (TPSA) is 72.3 Å². The second-order valence-corrected chi connectivity index (χ2v) is 4.18. The Morgan fingerprint density at radius 1 is 1.42 bits per heavy atom. The lowest BCUT2D eigenvalue weighted by atomic mass is 10.1. The highest BCUT2D eigenvalue weighted by molar-refractivity contribution is 6.33. The Kier molecular flexibility index (Phi) is 3.97. The Balaban J connectivity index is 2.33. The molecule has 1 heterocycles. The van der Waals surface area contributed by atoms with Crippen molar-refractivity contribution in [2.24, 2.45) is 0 Å². The number of halogens is 1. The molecule has 0 aliphatic heterocycles. The molecule has 0 atom stereocenters. The largest absolute Gasteiger partial charge is 0.496 e. The predicted octanol–water partition coefficient (Wildman–Crippen LogP) is 2.43. The van der Waals surface area contributed by atoms with Crippen LogP contribution in [0.15, 0.2) is 30.5 Å².